The van der Waals surface area contributed by atoms with Crippen LogP contribution in [0.4, 0.5) is 0 Å². The molecule has 0 aromatic heterocycles. The largest absolute Gasteiger partial charge is 0.493 e. The molecule has 0 fully saturated rings. The van der Waals surface area contributed by atoms with Gasteiger partial charge in [0.05, 0.1) is 40.6 Å². The molecule has 2 atom stereocenters. The van der Waals surface area contributed by atoms with Crippen LogP contribution in [0.5, 0.6) is 23.0 Å². The molecule has 5 heteroatoms. The summed E-state index contributed by atoms with van der Waals surface area (Å²) >= 11 is 0. The molecular formula is C22H26O5. The van der Waals surface area contributed by atoms with E-state index < -0.39 is 0 Å². The quantitative estimate of drug-likeness (QED) is 0.754. The zero-order valence-electron chi connectivity index (χ0n) is 16.3. The van der Waals surface area contributed by atoms with Crippen LogP contribution in [-0.2, 0) is 17.6 Å². The van der Waals surface area contributed by atoms with Gasteiger partial charge in [-0.15, -0.1) is 0 Å². The van der Waals surface area contributed by atoms with Crippen molar-refractivity contribution in [1.82, 2.24) is 0 Å². The van der Waals surface area contributed by atoms with E-state index in [1.807, 2.05) is 0 Å². The molecule has 4 rings (SSSR count). The molecule has 2 aliphatic rings. The van der Waals surface area contributed by atoms with E-state index in [2.05, 4.69) is 24.3 Å². The van der Waals surface area contributed by atoms with Gasteiger partial charge in [-0.25, -0.2) is 0 Å². The second-order valence-corrected chi connectivity index (χ2v) is 7.00. The number of hydrogen-bond acceptors (Lipinski definition) is 5. The highest BCUT2D eigenvalue weighted by Crippen LogP contribution is 2.47. The predicted octanol–water partition coefficient (Wildman–Crippen LogP) is 4.41. The van der Waals surface area contributed by atoms with Crippen LogP contribution in [0.1, 0.15) is 47.3 Å². The summed E-state index contributed by atoms with van der Waals surface area (Å²) < 4.78 is 28.4. The van der Waals surface area contributed by atoms with Gasteiger partial charge in [0.1, 0.15) is 0 Å². The molecule has 0 radical (unpaired) electrons. The lowest BCUT2D eigenvalue weighted by atomic mass is 10.1. The van der Waals surface area contributed by atoms with Crippen LogP contribution in [0.2, 0.25) is 0 Å². The number of rotatable bonds is 6. The smallest absolute Gasteiger partial charge is 0.161 e. The lowest BCUT2D eigenvalue weighted by Crippen LogP contribution is -2.07. The van der Waals surface area contributed by atoms with Gasteiger partial charge >= 0.3 is 0 Å². The summed E-state index contributed by atoms with van der Waals surface area (Å²) in [4.78, 5) is 0. The monoisotopic (exact) mass is 370 g/mol. The van der Waals surface area contributed by atoms with E-state index in [0.29, 0.717) is 0 Å². The molecule has 2 aliphatic carbocycles. The van der Waals surface area contributed by atoms with Crippen molar-refractivity contribution < 1.29 is 23.7 Å². The third-order valence-corrected chi connectivity index (χ3v) is 5.66. The molecule has 2 aromatic rings. The number of methoxy groups -OCH3 is 4. The first kappa shape index (κ1) is 18.0. The molecule has 2 aromatic carbocycles. The molecule has 0 aliphatic heterocycles. The Hall–Kier alpha value is -2.40. The maximum atomic E-state index is 6.58. The second kappa shape index (κ2) is 7.31. The fourth-order valence-corrected chi connectivity index (χ4v) is 4.27. The Morgan fingerprint density at radius 3 is 1.33 bits per heavy atom. The van der Waals surface area contributed by atoms with Crippen molar-refractivity contribution in [1.29, 1.82) is 0 Å². The summed E-state index contributed by atoms with van der Waals surface area (Å²) in [6, 6.07) is 8.29. The number of ether oxygens (including phenoxy) is 5. The van der Waals surface area contributed by atoms with Gasteiger partial charge in [-0.2, -0.15) is 0 Å². The van der Waals surface area contributed by atoms with Gasteiger partial charge in [-0.05, 0) is 72.2 Å². The highest BCUT2D eigenvalue weighted by Gasteiger charge is 2.32. The highest BCUT2D eigenvalue weighted by molar-refractivity contribution is 5.51. The number of hydrogen-bond donors (Lipinski definition) is 0. The van der Waals surface area contributed by atoms with Crippen molar-refractivity contribution in [2.24, 2.45) is 0 Å². The van der Waals surface area contributed by atoms with Crippen molar-refractivity contribution in [3.05, 3.63) is 46.5 Å². The average Bonchev–Trinajstić information content (AvgIpc) is 3.29. The van der Waals surface area contributed by atoms with Crippen LogP contribution in [0.3, 0.4) is 0 Å². The third-order valence-electron chi connectivity index (χ3n) is 5.66. The lowest BCUT2D eigenvalue weighted by molar-refractivity contribution is -0.0130. The van der Waals surface area contributed by atoms with Gasteiger partial charge in [-0.3, -0.25) is 0 Å². The molecule has 2 unspecified atom stereocenters. The first-order valence-corrected chi connectivity index (χ1v) is 9.33. The van der Waals surface area contributed by atoms with Gasteiger partial charge in [-0.1, -0.05) is 0 Å². The van der Waals surface area contributed by atoms with E-state index in [-0.39, 0.29) is 12.2 Å². The molecule has 0 saturated carbocycles. The van der Waals surface area contributed by atoms with Crippen LogP contribution in [0.25, 0.3) is 0 Å². The fourth-order valence-electron chi connectivity index (χ4n) is 4.27. The van der Waals surface area contributed by atoms with Crippen LogP contribution < -0.4 is 18.9 Å². The van der Waals surface area contributed by atoms with Crippen LogP contribution in [0.15, 0.2) is 24.3 Å². The molecule has 144 valence electrons. The van der Waals surface area contributed by atoms with Crippen molar-refractivity contribution in [3.63, 3.8) is 0 Å². The van der Waals surface area contributed by atoms with Gasteiger partial charge in [0.15, 0.2) is 23.0 Å². The van der Waals surface area contributed by atoms with Crippen molar-refractivity contribution in [2.75, 3.05) is 28.4 Å². The SMILES string of the molecule is COc1cc2c(cc1OC)C(OC1CCc3cc(OC)c(OC)cc31)CC2. The summed E-state index contributed by atoms with van der Waals surface area (Å²) in [5, 5.41) is 0. The molecule has 27 heavy (non-hydrogen) atoms. The fraction of sp³-hybridized carbons (Fsp3) is 0.455. The number of fused-ring (bicyclic) bond motifs is 2. The summed E-state index contributed by atoms with van der Waals surface area (Å²) in [6.45, 7) is 0. The van der Waals surface area contributed by atoms with E-state index in [1.165, 1.54) is 22.3 Å². The average molecular weight is 370 g/mol. The molecule has 0 spiro atoms. The molecule has 0 heterocycles. The zero-order valence-corrected chi connectivity index (χ0v) is 16.3. The topological polar surface area (TPSA) is 46.2 Å². The Morgan fingerprint density at radius 2 is 0.963 bits per heavy atom. The highest BCUT2D eigenvalue weighted by atomic mass is 16.5. The van der Waals surface area contributed by atoms with E-state index in [1.54, 1.807) is 28.4 Å². The maximum Gasteiger partial charge on any atom is 0.161 e. The third kappa shape index (κ3) is 3.10. The molecule has 0 amide bonds. The zero-order chi connectivity index (χ0) is 19.0. The van der Waals surface area contributed by atoms with Crippen LogP contribution in [-0.4, -0.2) is 28.4 Å². The molecule has 0 saturated heterocycles. The molecule has 5 nitrogen and oxygen atoms in total. The van der Waals surface area contributed by atoms with E-state index in [0.717, 1.165) is 48.7 Å². The number of benzene rings is 2. The molecular weight excluding hydrogens is 344 g/mol. The van der Waals surface area contributed by atoms with Crippen LogP contribution in [0, 0.1) is 0 Å². The Bertz CT molecular complexity index is 776. The van der Waals surface area contributed by atoms with Gasteiger partial charge in [0.2, 0.25) is 0 Å². The maximum absolute atomic E-state index is 6.58. The van der Waals surface area contributed by atoms with E-state index >= 15 is 0 Å². The van der Waals surface area contributed by atoms with Crippen molar-refractivity contribution in [2.45, 2.75) is 37.9 Å². The normalized spacial score (nSPS) is 20.1. The first-order chi connectivity index (χ1) is 13.2. The summed E-state index contributed by atoms with van der Waals surface area (Å²) in [5.74, 6) is 3.06. The molecule has 0 bridgehead atoms. The second-order valence-electron chi connectivity index (χ2n) is 7.00. The van der Waals surface area contributed by atoms with Crippen LogP contribution >= 0.6 is 0 Å². The summed E-state index contributed by atoms with van der Waals surface area (Å²) in [7, 11) is 6.68. The first-order valence-electron chi connectivity index (χ1n) is 9.33. The minimum Gasteiger partial charge on any atom is -0.493 e. The van der Waals surface area contributed by atoms with Gasteiger partial charge in [0, 0.05) is 0 Å². The lowest BCUT2D eigenvalue weighted by Gasteiger charge is -2.21. The summed E-state index contributed by atoms with van der Waals surface area (Å²) in [5.41, 5.74) is 4.98. The Balaban J connectivity index is 1.60. The van der Waals surface area contributed by atoms with E-state index in [4.69, 9.17) is 23.7 Å². The van der Waals surface area contributed by atoms with E-state index in [9.17, 15) is 0 Å². The summed E-state index contributed by atoms with van der Waals surface area (Å²) in [6.07, 6.45) is 4.08. The van der Waals surface area contributed by atoms with Gasteiger partial charge in [0.25, 0.3) is 0 Å². The number of aryl methyl sites for hydroxylation is 2. The predicted molar refractivity (Wildman–Crippen MR) is 102 cm³/mol. The van der Waals surface area contributed by atoms with Crippen molar-refractivity contribution in [3.8, 4) is 23.0 Å². The minimum atomic E-state index is 0.0730. The minimum absolute atomic E-state index is 0.0730. The Morgan fingerprint density at radius 1 is 0.593 bits per heavy atom. The Labute approximate surface area is 160 Å². The Kier molecular flexibility index (Phi) is 4.87. The van der Waals surface area contributed by atoms with Gasteiger partial charge < -0.3 is 23.7 Å². The molecule has 0 N–H and O–H groups in total. The standard InChI is InChI=1S/C22H26O5/c1-23-19-9-13-5-7-17(15(13)11-21(19)25-3)27-18-8-6-14-10-20(24-2)22(26-4)12-16(14)18/h9-12,17-18H,5-8H2,1-4H3. The van der Waals surface area contributed by atoms with Crippen molar-refractivity contribution >= 4 is 0 Å².